The van der Waals surface area contributed by atoms with Crippen LogP contribution in [-0.2, 0) is 13.5 Å². The van der Waals surface area contributed by atoms with E-state index in [1.54, 1.807) is 10.9 Å². The molecule has 2 N–H and O–H groups in total. The molecule has 0 fully saturated rings. The van der Waals surface area contributed by atoms with Crippen molar-refractivity contribution in [1.29, 1.82) is 0 Å². The molecule has 2 heterocycles. The van der Waals surface area contributed by atoms with Crippen molar-refractivity contribution >= 4 is 11.6 Å². The highest BCUT2D eigenvalue weighted by molar-refractivity contribution is 6.30. The van der Waals surface area contributed by atoms with Gasteiger partial charge in [0.15, 0.2) is 0 Å². The van der Waals surface area contributed by atoms with Crippen LogP contribution in [0.1, 0.15) is 30.0 Å². The maximum absolute atomic E-state index is 6.26. The SMILES string of the molecule is CCNC(Cc1c(C)nn(C)c1Cl)c1ncc[nH]1. The number of aryl methyl sites for hydroxylation is 2. The van der Waals surface area contributed by atoms with Crippen molar-refractivity contribution < 1.29 is 0 Å². The molecule has 1 unspecified atom stereocenters. The highest BCUT2D eigenvalue weighted by Crippen LogP contribution is 2.24. The maximum atomic E-state index is 6.26. The summed E-state index contributed by atoms with van der Waals surface area (Å²) in [6.45, 7) is 4.93. The highest BCUT2D eigenvalue weighted by Gasteiger charge is 2.19. The van der Waals surface area contributed by atoms with Gasteiger partial charge in [0.05, 0.1) is 11.7 Å². The van der Waals surface area contributed by atoms with Crippen molar-refractivity contribution in [2.75, 3.05) is 6.54 Å². The standard InChI is InChI=1S/C12H18ClN5/c1-4-14-10(12-15-5-6-16-12)7-9-8(2)17-18(3)11(9)13/h5-6,10,14H,4,7H2,1-3H3,(H,15,16). The molecule has 0 saturated heterocycles. The Morgan fingerprint density at radius 1 is 1.56 bits per heavy atom. The highest BCUT2D eigenvalue weighted by atomic mass is 35.5. The molecule has 0 spiro atoms. The second-order valence-electron chi connectivity index (χ2n) is 4.27. The van der Waals surface area contributed by atoms with Crippen LogP contribution in [0.5, 0.6) is 0 Å². The van der Waals surface area contributed by atoms with Crippen LogP contribution in [-0.4, -0.2) is 26.3 Å². The summed E-state index contributed by atoms with van der Waals surface area (Å²) in [5.74, 6) is 0.927. The number of likely N-dealkylation sites (N-methyl/N-ethyl adjacent to an activating group) is 1. The molecule has 0 aliphatic heterocycles. The fourth-order valence-electron chi connectivity index (χ4n) is 2.09. The molecule has 6 heteroatoms. The Morgan fingerprint density at radius 3 is 2.83 bits per heavy atom. The smallest absolute Gasteiger partial charge is 0.130 e. The van der Waals surface area contributed by atoms with E-state index in [0.717, 1.165) is 30.0 Å². The van der Waals surface area contributed by atoms with Gasteiger partial charge < -0.3 is 10.3 Å². The Kier molecular flexibility index (Phi) is 4.04. The first-order valence-electron chi connectivity index (χ1n) is 6.04. The average molecular weight is 268 g/mol. The van der Waals surface area contributed by atoms with E-state index in [0.29, 0.717) is 5.15 Å². The van der Waals surface area contributed by atoms with Gasteiger partial charge in [-0.25, -0.2) is 4.98 Å². The molecular formula is C12H18ClN5. The Labute approximate surface area is 112 Å². The summed E-state index contributed by atoms with van der Waals surface area (Å²) >= 11 is 6.26. The number of aromatic amines is 1. The molecule has 0 radical (unpaired) electrons. The van der Waals surface area contributed by atoms with Crippen LogP contribution < -0.4 is 5.32 Å². The summed E-state index contributed by atoms with van der Waals surface area (Å²) in [5.41, 5.74) is 2.04. The molecule has 5 nitrogen and oxygen atoms in total. The molecule has 0 aliphatic carbocycles. The quantitative estimate of drug-likeness (QED) is 0.871. The predicted octanol–water partition coefficient (Wildman–Crippen LogP) is 2.00. The first-order chi connectivity index (χ1) is 8.63. The van der Waals surface area contributed by atoms with Gasteiger partial charge in [0.1, 0.15) is 11.0 Å². The summed E-state index contributed by atoms with van der Waals surface area (Å²) in [4.78, 5) is 7.45. The van der Waals surface area contributed by atoms with E-state index in [1.165, 1.54) is 0 Å². The summed E-state index contributed by atoms with van der Waals surface area (Å²) < 4.78 is 1.71. The minimum atomic E-state index is 0.130. The van der Waals surface area contributed by atoms with E-state index in [1.807, 2.05) is 20.2 Å². The molecule has 0 bridgehead atoms. The number of hydrogen-bond donors (Lipinski definition) is 2. The third-order valence-electron chi connectivity index (χ3n) is 2.98. The van der Waals surface area contributed by atoms with E-state index in [2.05, 4.69) is 27.3 Å². The average Bonchev–Trinajstić information content (AvgIpc) is 2.93. The van der Waals surface area contributed by atoms with Gasteiger partial charge in [-0.2, -0.15) is 5.10 Å². The summed E-state index contributed by atoms with van der Waals surface area (Å²) in [7, 11) is 1.86. The molecule has 0 saturated carbocycles. The van der Waals surface area contributed by atoms with E-state index >= 15 is 0 Å². The van der Waals surface area contributed by atoms with Gasteiger partial charge in [0, 0.05) is 25.0 Å². The number of rotatable bonds is 5. The van der Waals surface area contributed by atoms with E-state index in [9.17, 15) is 0 Å². The molecule has 0 aliphatic rings. The third kappa shape index (κ3) is 2.57. The number of imidazole rings is 1. The van der Waals surface area contributed by atoms with Gasteiger partial charge in [0.2, 0.25) is 0 Å². The van der Waals surface area contributed by atoms with Crippen molar-refractivity contribution in [1.82, 2.24) is 25.1 Å². The normalized spacial score (nSPS) is 12.9. The second kappa shape index (κ2) is 5.54. The van der Waals surface area contributed by atoms with Gasteiger partial charge in [-0.1, -0.05) is 18.5 Å². The molecular weight excluding hydrogens is 250 g/mol. The molecule has 18 heavy (non-hydrogen) atoms. The number of nitrogens with one attached hydrogen (secondary N) is 2. The number of aromatic nitrogens is 4. The topological polar surface area (TPSA) is 58.5 Å². The van der Waals surface area contributed by atoms with Crippen molar-refractivity contribution in [3.63, 3.8) is 0 Å². The predicted molar refractivity (Wildman–Crippen MR) is 71.7 cm³/mol. The first-order valence-corrected chi connectivity index (χ1v) is 6.42. The van der Waals surface area contributed by atoms with E-state index < -0.39 is 0 Å². The minimum Gasteiger partial charge on any atom is -0.347 e. The molecule has 2 rings (SSSR count). The Bertz CT molecular complexity index is 503. The van der Waals surface area contributed by atoms with Crippen molar-refractivity contribution in [3.8, 4) is 0 Å². The largest absolute Gasteiger partial charge is 0.347 e. The Morgan fingerprint density at radius 2 is 2.33 bits per heavy atom. The van der Waals surface area contributed by atoms with Crippen LogP contribution in [0.4, 0.5) is 0 Å². The van der Waals surface area contributed by atoms with E-state index in [4.69, 9.17) is 11.6 Å². The zero-order chi connectivity index (χ0) is 13.1. The Balaban J connectivity index is 2.24. The van der Waals surface area contributed by atoms with Crippen LogP contribution >= 0.6 is 11.6 Å². The minimum absolute atomic E-state index is 0.130. The molecule has 0 amide bonds. The van der Waals surface area contributed by atoms with Crippen LogP contribution in [0, 0.1) is 6.92 Å². The van der Waals surface area contributed by atoms with Crippen molar-refractivity contribution in [3.05, 3.63) is 34.6 Å². The lowest BCUT2D eigenvalue weighted by Gasteiger charge is -2.15. The molecule has 98 valence electrons. The fraction of sp³-hybridized carbons (Fsp3) is 0.500. The molecule has 2 aromatic rings. The summed E-state index contributed by atoms with van der Waals surface area (Å²) in [6, 6.07) is 0.130. The van der Waals surface area contributed by atoms with Gasteiger partial charge in [0.25, 0.3) is 0 Å². The van der Waals surface area contributed by atoms with Gasteiger partial charge in [-0.3, -0.25) is 4.68 Å². The third-order valence-corrected chi connectivity index (χ3v) is 3.45. The van der Waals surface area contributed by atoms with Crippen molar-refractivity contribution in [2.24, 2.45) is 7.05 Å². The van der Waals surface area contributed by atoms with E-state index in [-0.39, 0.29) is 6.04 Å². The Hall–Kier alpha value is -1.33. The lowest BCUT2D eigenvalue weighted by atomic mass is 10.1. The van der Waals surface area contributed by atoms with Crippen molar-refractivity contribution in [2.45, 2.75) is 26.3 Å². The fourth-order valence-corrected chi connectivity index (χ4v) is 2.34. The van der Waals surface area contributed by atoms with Crippen LogP contribution in [0.3, 0.4) is 0 Å². The molecule has 1 atom stereocenters. The monoisotopic (exact) mass is 267 g/mol. The lowest BCUT2D eigenvalue weighted by molar-refractivity contribution is 0.525. The summed E-state index contributed by atoms with van der Waals surface area (Å²) in [5, 5.41) is 8.44. The van der Waals surface area contributed by atoms with Crippen LogP contribution in [0.2, 0.25) is 5.15 Å². The van der Waals surface area contributed by atoms with Gasteiger partial charge in [-0.15, -0.1) is 0 Å². The number of hydrogen-bond acceptors (Lipinski definition) is 3. The van der Waals surface area contributed by atoms with Crippen LogP contribution in [0.15, 0.2) is 12.4 Å². The number of halogens is 1. The second-order valence-corrected chi connectivity index (χ2v) is 4.63. The molecule has 0 aromatic carbocycles. The zero-order valence-corrected chi connectivity index (χ0v) is 11.6. The number of nitrogens with zero attached hydrogens (tertiary/aromatic N) is 3. The number of H-pyrrole nitrogens is 1. The maximum Gasteiger partial charge on any atom is 0.130 e. The van der Waals surface area contributed by atoms with Crippen LogP contribution in [0.25, 0.3) is 0 Å². The summed E-state index contributed by atoms with van der Waals surface area (Å²) in [6.07, 6.45) is 4.37. The van der Waals surface area contributed by atoms with Gasteiger partial charge >= 0.3 is 0 Å². The van der Waals surface area contributed by atoms with Gasteiger partial charge in [-0.05, 0) is 19.9 Å². The molecule has 2 aromatic heterocycles. The first kappa shape index (κ1) is 13.1. The lowest BCUT2D eigenvalue weighted by Crippen LogP contribution is -2.24. The zero-order valence-electron chi connectivity index (χ0n) is 10.9.